The van der Waals surface area contributed by atoms with Crippen molar-refractivity contribution in [3.05, 3.63) is 29.3 Å². The highest BCUT2D eigenvalue weighted by molar-refractivity contribution is 5.53. The first-order valence-corrected chi connectivity index (χ1v) is 6.23. The second-order valence-corrected chi connectivity index (χ2v) is 4.84. The molecule has 1 aliphatic rings. The number of anilines is 1. The highest BCUT2D eigenvalue weighted by Crippen LogP contribution is 2.19. The number of likely N-dealkylation sites (tertiary alicyclic amines) is 1. The van der Waals surface area contributed by atoms with Gasteiger partial charge in [0.25, 0.3) is 0 Å². The van der Waals surface area contributed by atoms with Crippen LogP contribution in [-0.4, -0.2) is 30.4 Å². The number of nitrogens with zero attached hydrogens (tertiary/aromatic N) is 1. The summed E-state index contributed by atoms with van der Waals surface area (Å²) < 4.78 is 0. The highest BCUT2D eigenvalue weighted by Gasteiger charge is 2.22. The lowest BCUT2D eigenvalue weighted by Gasteiger charge is -2.21. The molecule has 1 atom stereocenters. The van der Waals surface area contributed by atoms with Gasteiger partial charge >= 0.3 is 0 Å². The number of nitrogens with one attached hydrogen (secondary N) is 1. The summed E-state index contributed by atoms with van der Waals surface area (Å²) in [6, 6.07) is 6.76. The second-order valence-electron chi connectivity index (χ2n) is 4.84. The molecular formula is C14H20N2O. The Balaban J connectivity index is 1.95. The van der Waals surface area contributed by atoms with Crippen LogP contribution < -0.4 is 5.32 Å². The third-order valence-corrected chi connectivity index (χ3v) is 3.47. The molecule has 92 valence electrons. The van der Waals surface area contributed by atoms with Crippen molar-refractivity contribution in [2.24, 2.45) is 0 Å². The molecule has 3 nitrogen and oxygen atoms in total. The van der Waals surface area contributed by atoms with Crippen LogP contribution in [0.2, 0.25) is 0 Å². The molecule has 1 amide bonds. The normalized spacial score (nSPS) is 19.4. The van der Waals surface area contributed by atoms with E-state index in [0.717, 1.165) is 32.3 Å². The van der Waals surface area contributed by atoms with Crippen molar-refractivity contribution in [3.63, 3.8) is 0 Å². The molecule has 1 aromatic rings. The van der Waals surface area contributed by atoms with Crippen LogP contribution in [0.25, 0.3) is 0 Å². The van der Waals surface area contributed by atoms with Crippen LogP contribution in [0.3, 0.4) is 0 Å². The summed E-state index contributed by atoms with van der Waals surface area (Å²) in [5.41, 5.74) is 3.72. The minimum absolute atomic E-state index is 0.355. The topological polar surface area (TPSA) is 32.3 Å². The lowest BCUT2D eigenvalue weighted by atomic mass is 10.1. The molecule has 0 bridgehead atoms. The van der Waals surface area contributed by atoms with Crippen LogP contribution in [0.1, 0.15) is 24.0 Å². The number of rotatable bonds is 4. The summed E-state index contributed by atoms with van der Waals surface area (Å²) in [5.74, 6) is 0. The molecule has 3 heteroatoms. The molecule has 1 aliphatic heterocycles. The van der Waals surface area contributed by atoms with Gasteiger partial charge in [0.05, 0.1) is 0 Å². The molecule has 1 heterocycles. The van der Waals surface area contributed by atoms with E-state index >= 15 is 0 Å². The van der Waals surface area contributed by atoms with Crippen LogP contribution in [0.15, 0.2) is 18.2 Å². The lowest BCUT2D eigenvalue weighted by Crippen LogP contribution is -2.33. The smallest absolute Gasteiger partial charge is 0.210 e. The van der Waals surface area contributed by atoms with Crippen LogP contribution >= 0.6 is 0 Å². The fourth-order valence-corrected chi connectivity index (χ4v) is 2.46. The van der Waals surface area contributed by atoms with Gasteiger partial charge in [0.2, 0.25) is 6.41 Å². The summed E-state index contributed by atoms with van der Waals surface area (Å²) in [4.78, 5) is 12.7. The van der Waals surface area contributed by atoms with Crippen molar-refractivity contribution >= 4 is 12.1 Å². The molecule has 0 aliphatic carbocycles. The summed E-state index contributed by atoms with van der Waals surface area (Å²) in [6.45, 7) is 5.97. The largest absolute Gasteiger partial charge is 0.383 e. The minimum atomic E-state index is 0.355. The van der Waals surface area contributed by atoms with Gasteiger partial charge in [-0.3, -0.25) is 4.79 Å². The first kappa shape index (κ1) is 12.0. The Morgan fingerprint density at radius 1 is 1.47 bits per heavy atom. The van der Waals surface area contributed by atoms with Crippen molar-refractivity contribution < 1.29 is 4.79 Å². The molecule has 0 spiro atoms. The van der Waals surface area contributed by atoms with E-state index in [4.69, 9.17) is 0 Å². The number of hydrogen-bond donors (Lipinski definition) is 1. The molecule has 1 N–H and O–H groups in total. The molecule has 1 fully saturated rings. The molecule has 1 unspecified atom stereocenters. The number of aryl methyl sites for hydroxylation is 2. The Kier molecular flexibility index (Phi) is 3.67. The van der Waals surface area contributed by atoms with Crippen LogP contribution in [0, 0.1) is 13.8 Å². The third kappa shape index (κ3) is 2.78. The van der Waals surface area contributed by atoms with Gasteiger partial charge in [-0.25, -0.2) is 0 Å². The predicted octanol–water partition coefficient (Wildman–Crippen LogP) is 2.34. The van der Waals surface area contributed by atoms with E-state index in [1.807, 2.05) is 4.90 Å². The third-order valence-electron chi connectivity index (χ3n) is 3.47. The Morgan fingerprint density at radius 2 is 2.29 bits per heavy atom. The van der Waals surface area contributed by atoms with Gasteiger partial charge in [0.1, 0.15) is 0 Å². The van der Waals surface area contributed by atoms with E-state index in [0.29, 0.717) is 6.04 Å². The summed E-state index contributed by atoms with van der Waals surface area (Å²) in [7, 11) is 0. The van der Waals surface area contributed by atoms with Crippen molar-refractivity contribution in [2.45, 2.75) is 32.7 Å². The fourth-order valence-electron chi connectivity index (χ4n) is 2.46. The Hall–Kier alpha value is -1.51. The van der Waals surface area contributed by atoms with E-state index in [2.05, 4.69) is 37.4 Å². The second kappa shape index (κ2) is 5.21. The number of hydrogen-bond acceptors (Lipinski definition) is 2. The van der Waals surface area contributed by atoms with Gasteiger partial charge < -0.3 is 10.2 Å². The predicted molar refractivity (Wildman–Crippen MR) is 70.2 cm³/mol. The molecule has 17 heavy (non-hydrogen) atoms. The standard InChI is InChI=1S/C14H20N2O/c1-11-5-6-14(12(2)8-11)15-9-13-4-3-7-16(13)10-17/h5-6,8,10,13,15H,3-4,7,9H2,1-2H3. The first-order valence-electron chi connectivity index (χ1n) is 6.23. The maximum Gasteiger partial charge on any atom is 0.210 e. The number of carbonyl (C=O) groups excluding carboxylic acids is 1. The molecule has 1 aromatic carbocycles. The van der Waals surface area contributed by atoms with Crippen LogP contribution in [0.5, 0.6) is 0 Å². The van der Waals surface area contributed by atoms with Gasteiger partial charge in [-0.2, -0.15) is 0 Å². The van der Waals surface area contributed by atoms with Crippen molar-refractivity contribution in [1.29, 1.82) is 0 Å². The van der Waals surface area contributed by atoms with Gasteiger partial charge in [0, 0.05) is 24.8 Å². The molecule has 1 saturated heterocycles. The van der Waals surface area contributed by atoms with E-state index in [-0.39, 0.29) is 0 Å². The zero-order valence-corrected chi connectivity index (χ0v) is 10.6. The number of benzene rings is 1. The number of amides is 1. The summed E-state index contributed by atoms with van der Waals surface area (Å²) >= 11 is 0. The monoisotopic (exact) mass is 232 g/mol. The molecule has 2 rings (SSSR count). The van der Waals surface area contributed by atoms with Crippen molar-refractivity contribution in [3.8, 4) is 0 Å². The van der Waals surface area contributed by atoms with Crippen LogP contribution in [-0.2, 0) is 4.79 Å². The summed E-state index contributed by atoms with van der Waals surface area (Å²) in [6.07, 6.45) is 3.20. The summed E-state index contributed by atoms with van der Waals surface area (Å²) in [5, 5.41) is 3.45. The number of carbonyl (C=O) groups is 1. The minimum Gasteiger partial charge on any atom is -0.383 e. The molecule has 0 aromatic heterocycles. The Bertz CT molecular complexity index is 403. The quantitative estimate of drug-likeness (QED) is 0.808. The zero-order valence-electron chi connectivity index (χ0n) is 10.6. The first-order chi connectivity index (χ1) is 8.20. The van der Waals surface area contributed by atoms with E-state index in [9.17, 15) is 4.79 Å². The highest BCUT2D eigenvalue weighted by atomic mass is 16.1. The molecule has 0 radical (unpaired) electrons. The van der Waals surface area contributed by atoms with Crippen molar-refractivity contribution in [1.82, 2.24) is 4.90 Å². The van der Waals surface area contributed by atoms with E-state index < -0.39 is 0 Å². The van der Waals surface area contributed by atoms with E-state index in [1.165, 1.54) is 16.8 Å². The Morgan fingerprint density at radius 3 is 3.00 bits per heavy atom. The van der Waals surface area contributed by atoms with Gasteiger partial charge in [-0.1, -0.05) is 17.7 Å². The Labute approximate surface area is 103 Å². The molecular weight excluding hydrogens is 212 g/mol. The van der Waals surface area contributed by atoms with E-state index in [1.54, 1.807) is 0 Å². The fraction of sp³-hybridized carbons (Fsp3) is 0.500. The maximum absolute atomic E-state index is 10.8. The van der Waals surface area contributed by atoms with Crippen molar-refractivity contribution in [2.75, 3.05) is 18.4 Å². The average Bonchev–Trinajstić information content (AvgIpc) is 2.75. The lowest BCUT2D eigenvalue weighted by molar-refractivity contribution is -0.118. The van der Waals surface area contributed by atoms with Gasteiger partial charge in [-0.05, 0) is 38.3 Å². The zero-order chi connectivity index (χ0) is 12.3. The molecule has 0 saturated carbocycles. The van der Waals surface area contributed by atoms with Gasteiger partial charge in [-0.15, -0.1) is 0 Å². The average molecular weight is 232 g/mol. The van der Waals surface area contributed by atoms with Crippen LogP contribution in [0.4, 0.5) is 5.69 Å². The van der Waals surface area contributed by atoms with Gasteiger partial charge in [0.15, 0.2) is 0 Å². The SMILES string of the molecule is Cc1ccc(NCC2CCCN2C=O)c(C)c1. The maximum atomic E-state index is 10.8.